The highest BCUT2D eigenvalue weighted by atomic mass is 127. The molecule has 0 aromatic rings. The molecule has 25 heavy (non-hydrogen) atoms. The average Bonchev–Trinajstić information content (AvgIpc) is 2.48. The van der Waals surface area contributed by atoms with Crippen molar-refractivity contribution in [3.8, 4) is 0 Å². The molecule has 0 saturated heterocycles. The van der Waals surface area contributed by atoms with Crippen LogP contribution in [0.2, 0.25) is 0 Å². The van der Waals surface area contributed by atoms with Gasteiger partial charge in [0.25, 0.3) is 0 Å². The van der Waals surface area contributed by atoms with Crippen molar-refractivity contribution in [2.24, 2.45) is 10.9 Å². The van der Waals surface area contributed by atoms with E-state index in [1.54, 1.807) is 0 Å². The van der Waals surface area contributed by atoms with Crippen molar-refractivity contribution in [2.45, 2.75) is 40.5 Å². The molecule has 0 aliphatic carbocycles. The Hall–Kier alpha value is -0.130. The Morgan fingerprint density at radius 3 is 2.40 bits per heavy atom. The highest BCUT2D eigenvalue weighted by Gasteiger charge is 2.12. The van der Waals surface area contributed by atoms with Crippen LogP contribution in [0.15, 0.2) is 4.99 Å². The zero-order valence-electron chi connectivity index (χ0n) is 16.4. The van der Waals surface area contributed by atoms with Gasteiger partial charge in [0.1, 0.15) is 0 Å². The molecule has 9 heteroatoms. The highest BCUT2D eigenvalue weighted by Crippen LogP contribution is 1.99. The van der Waals surface area contributed by atoms with Crippen molar-refractivity contribution < 1.29 is 13.2 Å². The van der Waals surface area contributed by atoms with E-state index >= 15 is 0 Å². The largest absolute Gasteiger partial charge is 0.380 e. The van der Waals surface area contributed by atoms with Crippen molar-refractivity contribution >= 4 is 40.0 Å². The van der Waals surface area contributed by atoms with Crippen LogP contribution in [0.1, 0.15) is 40.5 Å². The van der Waals surface area contributed by atoms with Gasteiger partial charge in [-0.2, -0.15) is 0 Å². The fourth-order valence-corrected chi connectivity index (χ4v) is 2.93. The van der Waals surface area contributed by atoms with E-state index < -0.39 is 10.0 Å². The van der Waals surface area contributed by atoms with Gasteiger partial charge in [0, 0.05) is 39.3 Å². The summed E-state index contributed by atoms with van der Waals surface area (Å²) < 4.78 is 30.1. The number of aliphatic imine (C=N–C) groups is 1. The van der Waals surface area contributed by atoms with Crippen molar-refractivity contribution in [1.82, 2.24) is 14.9 Å². The van der Waals surface area contributed by atoms with Gasteiger partial charge in [0.05, 0.1) is 12.9 Å². The van der Waals surface area contributed by atoms with Gasteiger partial charge >= 0.3 is 0 Å². The summed E-state index contributed by atoms with van der Waals surface area (Å²) in [4.78, 5) is 4.47. The molecule has 0 rings (SSSR count). The van der Waals surface area contributed by atoms with Gasteiger partial charge in [-0.1, -0.05) is 20.8 Å². The summed E-state index contributed by atoms with van der Waals surface area (Å²) in [7, 11) is -3.12. The van der Waals surface area contributed by atoms with Gasteiger partial charge in [-0.25, -0.2) is 12.7 Å². The SMILES string of the molecule is CCNC(=NCCCN(CC)S(C)(=O)=O)NCCOCCC(C)C.I. The molecular formula is C16H37IN4O3S. The third-order valence-corrected chi connectivity index (χ3v) is 4.76. The van der Waals surface area contributed by atoms with E-state index in [1.165, 1.54) is 10.6 Å². The lowest BCUT2D eigenvalue weighted by Gasteiger charge is -2.17. The predicted octanol–water partition coefficient (Wildman–Crippen LogP) is 1.89. The summed E-state index contributed by atoms with van der Waals surface area (Å²) in [6, 6.07) is 0. The topological polar surface area (TPSA) is 83.0 Å². The summed E-state index contributed by atoms with van der Waals surface area (Å²) >= 11 is 0. The van der Waals surface area contributed by atoms with Crippen LogP contribution in [0.4, 0.5) is 0 Å². The number of hydrogen-bond acceptors (Lipinski definition) is 4. The molecule has 0 saturated carbocycles. The molecule has 0 heterocycles. The van der Waals surface area contributed by atoms with Crippen molar-refractivity contribution in [3.05, 3.63) is 0 Å². The van der Waals surface area contributed by atoms with E-state index in [1.807, 2.05) is 13.8 Å². The maximum atomic E-state index is 11.5. The van der Waals surface area contributed by atoms with Crippen LogP contribution in [-0.2, 0) is 14.8 Å². The lowest BCUT2D eigenvalue weighted by molar-refractivity contribution is 0.128. The van der Waals surface area contributed by atoms with Crippen LogP contribution < -0.4 is 10.6 Å². The molecule has 0 spiro atoms. The average molecular weight is 492 g/mol. The number of ether oxygens (including phenoxy) is 1. The van der Waals surface area contributed by atoms with Gasteiger partial charge in [0.15, 0.2) is 5.96 Å². The summed E-state index contributed by atoms with van der Waals surface area (Å²) in [6.07, 6.45) is 3.01. The van der Waals surface area contributed by atoms with Gasteiger partial charge in [-0.3, -0.25) is 4.99 Å². The standard InChI is InChI=1S/C16H36N4O3S.HI/c1-6-17-16(19-11-14-23-13-9-15(3)4)18-10-8-12-20(7-2)24(5,21)22;/h15H,6-14H2,1-5H3,(H2,17,18,19);1H. The molecular weight excluding hydrogens is 455 g/mol. The van der Waals surface area contributed by atoms with E-state index in [9.17, 15) is 8.42 Å². The minimum Gasteiger partial charge on any atom is -0.380 e. The van der Waals surface area contributed by atoms with Gasteiger partial charge in [-0.15, -0.1) is 24.0 Å². The minimum atomic E-state index is -3.12. The van der Waals surface area contributed by atoms with Gasteiger partial charge < -0.3 is 15.4 Å². The quantitative estimate of drug-likeness (QED) is 0.178. The van der Waals surface area contributed by atoms with Crippen LogP contribution >= 0.6 is 24.0 Å². The molecule has 0 bridgehead atoms. The molecule has 0 aromatic heterocycles. The van der Waals surface area contributed by atoms with Gasteiger partial charge in [-0.05, 0) is 25.7 Å². The Morgan fingerprint density at radius 1 is 1.20 bits per heavy atom. The first kappa shape index (κ1) is 27.1. The van der Waals surface area contributed by atoms with Crippen LogP contribution in [0.3, 0.4) is 0 Å². The van der Waals surface area contributed by atoms with Crippen LogP contribution in [0, 0.1) is 5.92 Å². The normalized spacial score (nSPS) is 12.4. The van der Waals surface area contributed by atoms with Gasteiger partial charge in [0.2, 0.25) is 10.0 Å². The van der Waals surface area contributed by atoms with Crippen LogP contribution in [0.25, 0.3) is 0 Å². The molecule has 0 fully saturated rings. The third kappa shape index (κ3) is 15.8. The summed E-state index contributed by atoms with van der Waals surface area (Å²) in [6.45, 7) is 12.7. The molecule has 152 valence electrons. The van der Waals surface area contributed by atoms with Crippen molar-refractivity contribution in [1.29, 1.82) is 0 Å². The maximum absolute atomic E-state index is 11.5. The molecule has 0 aliphatic rings. The fourth-order valence-electron chi connectivity index (χ4n) is 2.00. The minimum absolute atomic E-state index is 0. The third-order valence-electron chi connectivity index (χ3n) is 3.38. The number of hydrogen-bond donors (Lipinski definition) is 2. The molecule has 0 radical (unpaired) electrons. The number of nitrogens with one attached hydrogen (secondary N) is 2. The summed E-state index contributed by atoms with van der Waals surface area (Å²) in [5.41, 5.74) is 0. The lowest BCUT2D eigenvalue weighted by Crippen LogP contribution is -2.39. The summed E-state index contributed by atoms with van der Waals surface area (Å²) in [5, 5.41) is 6.40. The van der Waals surface area contributed by atoms with Crippen molar-refractivity contribution in [2.75, 3.05) is 52.2 Å². The molecule has 2 N–H and O–H groups in total. The Morgan fingerprint density at radius 2 is 1.88 bits per heavy atom. The number of guanidine groups is 1. The van der Waals surface area contributed by atoms with E-state index in [0.717, 1.165) is 25.5 Å². The second-order valence-electron chi connectivity index (χ2n) is 6.09. The fraction of sp³-hybridized carbons (Fsp3) is 0.938. The second-order valence-corrected chi connectivity index (χ2v) is 8.07. The lowest BCUT2D eigenvalue weighted by atomic mass is 10.1. The van der Waals surface area contributed by atoms with Crippen LogP contribution in [0.5, 0.6) is 0 Å². The Balaban J connectivity index is 0. The number of nitrogens with zero attached hydrogens (tertiary/aromatic N) is 2. The molecule has 0 unspecified atom stereocenters. The molecule has 0 amide bonds. The van der Waals surface area contributed by atoms with Crippen LogP contribution in [-0.4, -0.2) is 70.9 Å². The predicted molar refractivity (Wildman–Crippen MR) is 116 cm³/mol. The maximum Gasteiger partial charge on any atom is 0.211 e. The number of sulfonamides is 1. The molecule has 0 aromatic carbocycles. The zero-order chi connectivity index (χ0) is 18.4. The number of rotatable bonds is 13. The number of halogens is 1. The first-order valence-corrected chi connectivity index (χ1v) is 10.7. The first-order valence-electron chi connectivity index (χ1n) is 8.86. The van der Waals surface area contributed by atoms with E-state index in [2.05, 4.69) is 29.5 Å². The Labute approximate surface area is 171 Å². The monoisotopic (exact) mass is 492 g/mol. The Kier molecular flexibility index (Phi) is 17.4. The second kappa shape index (κ2) is 16.1. The zero-order valence-corrected chi connectivity index (χ0v) is 19.5. The van der Waals surface area contributed by atoms with E-state index in [-0.39, 0.29) is 24.0 Å². The summed E-state index contributed by atoms with van der Waals surface area (Å²) in [5.74, 6) is 1.40. The highest BCUT2D eigenvalue weighted by molar-refractivity contribution is 14.0. The smallest absolute Gasteiger partial charge is 0.211 e. The molecule has 0 atom stereocenters. The first-order chi connectivity index (χ1) is 11.3. The molecule has 7 nitrogen and oxygen atoms in total. The molecule has 0 aliphatic heterocycles. The van der Waals surface area contributed by atoms with E-state index in [0.29, 0.717) is 45.1 Å². The van der Waals surface area contributed by atoms with E-state index in [4.69, 9.17) is 4.74 Å². The van der Waals surface area contributed by atoms with Crippen molar-refractivity contribution in [3.63, 3.8) is 0 Å². The Bertz CT molecular complexity index is 445.